The third-order valence-electron chi connectivity index (χ3n) is 3.12. The van der Waals surface area contributed by atoms with Gasteiger partial charge < -0.3 is 4.90 Å². The van der Waals surface area contributed by atoms with Gasteiger partial charge in [-0.1, -0.05) is 12.8 Å². The van der Waals surface area contributed by atoms with Gasteiger partial charge in [0.2, 0.25) is 5.91 Å². The van der Waals surface area contributed by atoms with E-state index in [0.717, 1.165) is 12.8 Å². The Hall–Kier alpha value is -1.09. The molecule has 0 aromatic rings. The van der Waals surface area contributed by atoms with Gasteiger partial charge in [-0.05, 0) is 12.8 Å². The van der Waals surface area contributed by atoms with E-state index in [1.54, 1.807) is 0 Å². The molecule has 1 fully saturated rings. The van der Waals surface area contributed by atoms with Gasteiger partial charge in [-0.25, -0.2) is 8.42 Å². The molecule has 0 aromatic carbocycles. The molecule has 0 atom stereocenters. The van der Waals surface area contributed by atoms with Crippen molar-refractivity contribution in [1.29, 1.82) is 5.26 Å². The van der Waals surface area contributed by atoms with Gasteiger partial charge in [0.15, 0.2) is 9.84 Å². The summed E-state index contributed by atoms with van der Waals surface area (Å²) in [6.45, 7) is 0.287. The first-order valence-corrected chi connectivity index (χ1v) is 7.51. The molecule has 0 aliphatic heterocycles. The van der Waals surface area contributed by atoms with Crippen molar-refractivity contribution in [2.75, 3.05) is 19.3 Å². The molecule has 0 saturated heterocycles. The van der Waals surface area contributed by atoms with Gasteiger partial charge in [0, 0.05) is 13.6 Å². The molecule has 0 unspecified atom stereocenters. The molecule has 5 nitrogen and oxygen atoms in total. The minimum absolute atomic E-state index is 0.228. The van der Waals surface area contributed by atoms with E-state index in [4.69, 9.17) is 5.26 Å². The van der Waals surface area contributed by atoms with Crippen LogP contribution in [0.5, 0.6) is 0 Å². The van der Waals surface area contributed by atoms with Crippen molar-refractivity contribution in [1.82, 2.24) is 4.90 Å². The topological polar surface area (TPSA) is 78.2 Å². The van der Waals surface area contributed by atoms with E-state index in [2.05, 4.69) is 0 Å². The first-order valence-electron chi connectivity index (χ1n) is 5.80. The zero-order valence-electron chi connectivity index (χ0n) is 10.1. The number of sulfone groups is 1. The number of nitriles is 1. The van der Waals surface area contributed by atoms with E-state index in [9.17, 15) is 13.2 Å². The zero-order chi connectivity index (χ0) is 12.9. The molecule has 1 rings (SSSR count). The molecule has 0 bridgehead atoms. The van der Waals surface area contributed by atoms with E-state index in [-0.39, 0.29) is 18.2 Å². The Morgan fingerprint density at radius 1 is 1.41 bits per heavy atom. The van der Waals surface area contributed by atoms with Crippen molar-refractivity contribution < 1.29 is 13.2 Å². The van der Waals surface area contributed by atoms with E-state index in [1.165, 1.54) is 11.9 Å². The molecule has 0 N–H and O–H groups in total. The number of hydrogen-bond acceptors (Lipinski definition) is 4. The largest absolute Gasteiger partial charge is 0.344 e. The summed E-state index contributed by atoms with van der Waals surface area (Å²) in [4.78, 5) is 13.0. The second kappa shape index (κ2) is 6.01. The van der Waals surface area contributed by atoms with Gasteiger partial charge in [0.25, 0.3) is 0 Å². The minimum Gasteiger partial charge on any atom is -0.344 e. The maximum Gasteiger partial charge on any atom is 0.237 e. The molecule has 1 aliphatic carbocycles. The van der Waals surface area contributed by atoms with Crippen LogP contribution in [0.2, 0.25) is 0 Å². The second-order valence-electron chi connectivity index (χ2n) is 4.44. The van der Waals surface area contributed by atoms with Crippen LogP contribution in [0.25, 0.3) is 0 Å². The van der Waals surface area contributed by atoms with Crippen molar-refractivity contribution in [3.63, 3.8) is 0 Å². The van der Waals surface area contributed by atoms with Gasteiger partial charge >= 0.3 is 0 Å². The molecule has 0 aromatic heterocycles. The van der Waals surface area contributed by atoms with Crippen molar-refractivity contribution in [3.05, 3.63) is 0 Å². The van der Waals surface area contributed by atoms with Crippen LogP contribution in [0.1, 0.15) is 32.1 Å². The highest BCUT2D eigenvalue weighted by Gasteiger charge is 2.31. The molecular weight excluding hydrogens is 240 g/mol. The van der Waals surface area contributed by atoms with Crippen molar-refractivity contribution >= 4 is 15.7 Å². The summed E-state index contributed by atoms with van der Waals surface area (Å²) in [5, 5.41) is 8.06. The number of carbonyl (C=O) groups excluding carboxylic acids is 1. The van der Waals surface area contributed by atoms with Crippen LogP contribution in [-0.2, 0) is 14.6 Å². The monoisotopic (exact) mass is 258 g/mol. The molecule has 1 aliphatic rings. The summed E-state index contributed by atoms with van der Waals surface area (Å²) in [6, 6.07) is 1.93. The van der Waals surface area contributed by atoms with Crippen LogP contribution in [0, 0.1) is 11.3 Å². The Labute approximate surface area is 102 Å². The standard InChI is InChI=1S/C11H18N2O3S/c1-13(8-4-7-12)11(14)9-17(15,16)10-5-2-3-6-10/h10H,2-6,8-9H2,1H3. The molecule has 0 heterocycles. The number of rotatable bonds is 5. The van der Waals surface area contributed by atoms with Crippen LogP contribution in [0.4, 0.5) is 0 Å². The van der Waals surface area contributed by atoms with Crippen molar-refractivity contribution in [3.8, 4) is 6.07 Å². The molecule has 17 heavy (non-hydrogen) atoms. The van der Waals surface area contributed by atoms with E-state index in [0.29, 0.717) is 12.8 Å². The Bertz CT molecular complexity index is 405. The van der Waals surface area contributed by atoms with Gasteiger partial charge in [-0.3, -0.25) is 4.79 Å². The highest BCUT2D eigenvalue weighted by molar-refractivity contribution is 7.92. The average Bonchev–Trinajstić information content (AvgIpc) is 2.79. The molecule has 1 saturated carbocycles. The first-order chi connectivity index (χ1) is 7.97. The second-order valence-corrected chi connectivity index (χ2v) is 6.72. The lowest BCUT2D eigenvalue weighted by Gasteiger charge is -2.17. The summed E-state index contributed by atoms with van der Waals surface area (Å²) >= 11 is 0. The zero-order valence-corrected chi connectivity index (χ0v) is 10.9. The maximum atomic E-state index is 11.9. The third kappa shape index (κ3) is 4.00. The molecule has 0 radical (unpaired) electrons. The minimum atomic E-state index is -3.30. The summed E-state index contributed by atoms with van der Waals surface area (Å²) < 4.78 is 23.8. The highest BCUT2D eigenvalue weighted by atomic mass is 32.2. The Kier molecular flexibility index (Phi) is 4.94. The van der Waals surface area contributed by atoms with Gasteiger partial charge in [-0.15, -0.1) is 0 Å². The summed E-state index contributed by atoms with van der Waals surface area (Å²) in [5.74, 6) is -0.827. The molecule has 6 heteroatoms. The fourth-order valence-corrected chi connectivity index (χ4v) is 3.84. The van der Waals surface area contributed by atoms with Gasteiger partial charge in [-0.2, -0.15) is 5.26 Å². The van der Waals surface area contributed by atoms with Crippen LogP contribution >= 0.6 is 0 Å². The van der Waals surface area contributed by atoms with Crippen molar-refractivity contribution in [2.45, 2.75) is 37.4 Å². The van der Waals surface area contributed by atoms with E-state index in [1.807, 2.05) is 6.07 Å². The maximum absolute atomic E-state index is 11.9. The fourth-order valence-electron chi connectivity index (χ4n) is 1.99. The van der Waals surface area contributed by atoms with E-state index < -0.39 is 21.5 Å². The van der Waals surface area contributed by atoms with Crippen LogP contribution in [-0.4, -0.2) is 43.8 Å². The van der Waals surface area contributed by atoms with Crippen LogP contribution in [0.3, 0.4) is 0 Å². The Balaban J connectivity index is 2.52. The number of amides is 1. The number of hydrogen-bond donors (Lipinski definition) is 0. The molecule has 96 valence electrons. The summed E-state index contributed by atoms with van der Waals surface area (Å²) in [7, 11) is -1.77. The fraction of sp³-hybridized carbons (Fsp3) is 0.818. The third-order valence-corrected chi connectivity index (χ3v) is 5.26. The van der Waals surface area contributed by atoms with Gasteiger partial charge in [0.05, 0.1) is 17.7 Å². The van der Waals surface area contributed by atoms with Crippen molar-refractivity contribution in [2.24, 2.45) is 0 Å². The highest BCUT2D eigenvalue weighted by Crippen LogP contribution is 2.25. The molecular formula is C11H18N2O3S. The lowest BCUT2D eigenvalue weighted by atomic mass is 10.4. The number of carbonyl (C=O) groups is 1. The molecule has 0 spiro atoms. The Morgan fingerprint density at radius 2 is 2.00 bits per heavy atom. The van der Waals surface area contributed by atoms with Crippen LogP contribution in [0.15, 0.2) is 0 Å². The molecule has 1 amide bonds. The average molecular weight is 258 g/mol. The lowest BCUT2D eigenvalue weighted by molar-refractivity contribution is -0.127. The first kappa shape index (κ1) is 14.0. The van der Waals surface area contributed by atoms with Gasteiger partial charge in [0.1, 0.15) is 5.75 Å². The predicted molar refractivity (Wildman–Crippen MR) is 63.9 cm³/mol. The SMILES string of the molecule is CN(CCC#N)C(=O)CS(=O)(=O)C1CCCC1. The summed E-state index contributed by atoms with van der Waals surface area (Å²) in [6.07, 6.45) is 3.45. The predicted octanol–water partition coefficient (Wildman–Crippen LogP) is 0.716. The van der Waals surface area contributed by atoms with E-state index >= 15 is 0 Å². The lowest BCUT2D eigenvalue weighted by Crippen LogP contribution is -2.36. The quantitative estimate of drug-likeness (QED) is 0.727. The summed E-state index contributed by atoms with van der Waals surface area (Å²) in [5.41, 5.74) is 0. The smallest absolute Gasteiger partial charge is 0.237 e. The Morgan fingerprint density at radius 3 is 2.53 bits per heavy atom. The number of nitrogens with zero attached hydrogens (tertiary/aromatic N) is 2. The van der Waals surface area contributed by atoms with Crippen LogP contribution < -0.4 is 0 Å². The normalized spacial score (nSPS) is 16.7.